The average molecular weight is 183 g/mol. The van der Waals surface area contributed by atoms with Gasteiger partial charge in [-0.2, -0.15) is 0 Å². The molecule has 0 aromatic rings. The first-order valence-corrected chi connectivity index (χ1v) is 5.10. The molecule has 2 rings (SSSR count). The Morgan fingerprint density at radius 1 is 1.46 bits per heavy atom. The highest BCUT2D eigenvalue weighted by molar-refractivity contribution is 5.80. The highest BCUT2D eigenvalue weighted by atomic mass is 16.3. The predicted molar refractivity (Wildman–Crippen MR) is 49.0 cm³/mol. The van der Waals surface area contributed by atoms with Gasteiger partial charge in [0.1, 0.15) is 0 Å². The number of hydrogen-bond acceptors (Lipinski definition) is 2. The van der Waals surface area contributed by atoms with Crippen molar-refractivity contribution in [1.29, 1.82) is 0 Å². The zero-order valence-corrected chi connectivity index (χ0v) is 8.07. The largest absolute Gasteiger partial charge is 0.396 e. The Hall–Kier alpha value is -0.570. The van der Waals surface area contributed by atoms with E-state index >= 15 is 0 Å². The van der Waals surface area contributed by atoms with Crippen LogP contribution in [0.4, 0.5) is 0 Å². The molecule has 3 nitrogen and oxygen atoms in total. The normalized spacial score (nSPS) is 33.8. The summed E-state index contributed by atoms with van der Waals surface area (Å²) in [6.45, 7) is 3.97. The molecule has 0 aromatic carbocycles. The number of nitrogens with zero attached hydrogens (tertiary/aromatic N) is 1. The molecule has 1 aliphatic heterocycles. The summed E-state index contributed by atoms with van der Waals surface area (Å²) in [6.07, 6.45) is 2.14. The highest BCUT2D eigenvalue weighted by Crippen LogP contribution is 2.35. The first kappa shape index (κ1) is 9.00. The maximum Gasteiger partial charge on any atom is 0.225 e. The molecule has 0 radical (unpaired) electrons. The number of aliphatic hydroxyl groups excluding tert-OH is 1. The molecule has 0 unspecified atom stereocenters. The van der Waals surface area contributed by atoms with Crippen molar-refractivity contribution in [3.05, 3.63) is 0 Å². The van der Waals surface area contributed by atoms with E-state index in [2.05, 4.69) is 6.92 Å². The van der Waals surface area contributed by atoms with Gasteiger partial charge in [0.25, 0.3) is 0 Å². The Morgan fingerprint density at radius 2 is 2.08 bits per heavy atom. The zero-order chi connectivity index (χ0) is 9.42. The number of amides is 1. The van der Waals surface area contributed by atoms with Gasteiger partial charge in [-0.05, 0) is 18.8 Å². The lowest BCUT2D eigenvalue weighted by molar-refractivity contribution is -0.147. The van der Waals surface area contributed by atoms with Gasteiger partial charge in [-0.25, -0.2) is 0 Å². The molecule has 3 heteroatoms. The predicted octanol–water partition coefficient (Wildman–Crippen LogP) is 0.483. The molecule has 1 amide bonds. The van der Waals surface area contributed by atoms with E-state index < -0.39 is 0 Å². The minimum Gasteiger partial charge on any atom is -0.396 e. The number of likely N-dealkylation sites (tertiary alicyclic amines) is 1. The number of hydrogen-bond donors (Lipinski definition) is 1. The van der Waals surface area contributed by atoms with Crippen LogP contribution >= 0.6 is 0 Å². The molecule has 2 aliphatic rings. The molecule has 1 saturated heterocycles. The molecular formula is C10H17NO2. The van der Waals surface area contributed by atoms with Crippen LogP contribution in [0.25, 0.3) is 0 Å². The van der Waals surface area contributed by atoms with E-state index in [-0.39, 0.29) is 6.61 Å². The van der Waals surface area contributed by atoms with Gasteiger partial charge in [-0.1, -0.05) is 6.92 Å². The van der Waals surface area contributed by atoms with Crippen LogP contribution in [0.2, 0.25) is 0 Å². The third kappa shape index (κ3) is 1.57. The zero-order valence-electron chi connectivity index (χ0n) is 8.07. The summed E-state index contributed by atoms with van der Waals surface area (Å²) in [5, 5.41) is 8.80. The fourth-order valence-corrected chi connectivity index (χ4v) is 2.23. The van der Waals surface area contributed by atoms with E-state index in [1.165, 1.54) is 0 Å². The minimum atomic E-state index is 0.227. The van der Waals surface area contributed by atoms with Crippen molar-refractivity contribution in [1.82, 2.24) is 4.90 Å². The maximum atomic E-state index is 11.7. The van der Waals surface area contributed by atoms with Crippen LogP contribution in [0.5, 0.6) is 0 Å². The van der Waals surface area contributed by atoms with Crippen molar-refractivity contribution in [3.8, 4) is 0 Å². The average Bonchev–Trinajstić information content (AvgIpc) is 1.96. The van der Waals surface area contributed by atoms with Crippen molar-refractivity contribution >= 4 is 5.91 Å². The number of carbonyl (C=O) groups excluding carboxylic acids is 1. The second-order valence-electron chi connectivity index (χ2n) is 4.57. The Morgan fingerprint density at radius 3 is 2.54 bits per heavy atom. The SMILES string of the molecule is CC1CC(C(=O)N2CC(CO)C2)C1. The Bertz CT molecular complexity index is 205. The van der Waals surface area contributed by atoms with Gasteiger partial charge >= 0.3 is 0 Å². The van der Waals surface area contributed by atoms with Crippen molar-refractivity contribution < 1.29 is 9.90 Å². The molecule has 1 aliphatic carbocycles. The third-order valence-corrected chi connectivity index (χ3v) is 3.25. The summed E-state index contributed by atoms with van der Waals surface area (Å²) in [5.41, 5.74) is 0. The van der Waals surface area contributed by atoms with E-state index in [0.717, 1.165) is 31.8 Å². The van der Waals surface area contributed by atoms with Gasteiger partial charge < -0.3 is 10.0 Å². The van der Waals surface area contributed by atoms with E-state index in [1.807, 2.05) is 4.90 Å². The van der Waals surface area contributed by atoms with E-state index in [0.29, 0.717) is 17.7 Å². The second kappa shape index (κ2) is 3.29. The Labute approximate surface area is 78.7 Å². The molecule has 0 atom stereocenters. The smallest absolute Gasteiger partial charge is 0.225 e. The van der Waals surface area contributed by atoms with Gasteiger partial charge in [0.15, 0.2) is 0 Å². The van der Waals surface area contributed by atoms with Gasteiger partial charge in [-0.15, -0.1) is 0 Å². The first-order chi connectivity index (χ1) is 6.20. The maximum absolute atomic E-state index is 11.7. The molecule has 1 N–H and O–H groups in total. The summed E-state index contributed by atoms with van der Waals surface area (Å²) in [6, 6.07) is 0. The standard InChI is InChI=1S/C10H17NO2/c1-7-2-9(3-7)10(13)11-4-8(5-11)6-12/h7-9,12H,2-6H2,1H3. The van der Waals surface area contributed by atoms with Crippen molar-refractivity contribution in [2.45, 2.75) is 19.8 Å². The third-order valence-electron chi connectivity index (χ3n) is 3.25. The van der Waals surface area contributed by atoms with Crippen molar-refractivity contribution in [2.24, 2.45) is 17.8 Å². The first-order valence-electron chi connectivity index (χ1n) is 5.10. The highest BCUT2D eigenvalue weighted by Gasteiger charge is 2.38. The van der Waals surface area contributed by atoms with Crippen molar-refractivity contribution in [3.63, 3.8) is 0 Å². The van der Waals surface area contributed by atoms with Crippen LogP contribution in [0.15, 0.2) is 0 Å². The molecule has 1 saturated carbocycles. The number of aliphatic hydroxyl groups is 1. The van der Waals surface area contributed by atoms with Gasteiger partial charge in [0, 0.05) is 31.5 Å². The molecular weight excluding hydrogens is 166 g/mol. The van der Waals surface area contributed by atoms with Crippen LogP contribution < -0.4 is 0 Å². The van der Waals surface area contributed by atoms with E-state index in [1.54, 1.807) is 0 Å². The second-order valence-corrected chi connectivity index (χ2v) is 4.57. The van der Waals surface area contributed by atoms with Crippen LogP contribution in [-0.2, 0) is 4.79 Å². The monoisotopic (exact) mass is 183 g/mol. The van der Waals surface area contributed by atoms with Gasteiger partial charge in [0.2, 0.25) is 5.91 Å². The number of rotatable bonds is 2. The summed E-state index contributed by atoms with van der Waals surface area (Å²) in [7, 11) is 0. The summed E-state index contributed by atoms with van der Waals surface area (Å²) in [5.74, 6) is 1.71. The molecule has 74 valence electrons. The Balaban J connectivity index is 1.74. The van der Waals surface area contributed by atoms with Crippen LogP contribution in [0, 0.1) is 17.8 Å². The lowest BCUT2D eigenvalue weighted by Gasteiger charge is -2.43. The van der Waals surface area contributed by atoms with Gasteiger partial charge in [0.05, 0.1) is 0 Å². The Kier molecular flexibility index (Phi) is 2.28. The molecule has 0 spiro atoms. The topological polar surface area (TPSA) is 40.5 Å². The quantitative estimate of drug-likeness (QED) is 0.676. The van der Waals surface area contributed by atoms with Crippen LogP contribution in [0.1, 0.15) is 19.8 Å². The summed E-state index contributed by atoms with van der Waals surface area (Å²) >= 11 is 0. The minimum absolute atomic E-state index is 0.227. The lowest BCUT2D eigenvalue weighted by atomic mass is 9.75. The van der Waals surface area contributed by atoms with Gasteiger partial charge in [-0.3, -0.25) is 4.79 Å². The molecule has 0 bridgehead atoms. The molecule has 1 heterocycles. The number of carbonyl (C=O) groups is 1. The fraction of sp³-hybridized carbons (Fsp3) is 0.900. The van der Waals surface area contributed by atoms with Crippen molar-refractivity contribution in [2.75, 3.05) is 19.7 Å². The van der Waals surface area contributed by atoms with E-state index in [4.69, 9.17) is 5.11 Å². The molecule has 13 heavy (non-hydrogen) atoms. The fourth-order valence-electron chi connectivity index (χ4n) is 2.23. The van der Waals surface area contributed by atoms with E-state index in [9.17, 15) is 4.79 Å². The van der Waals surface area contributed by atoms with Crippen LogP contribution in [-0.4, -0.2) is 35.6 Å². The lowest BCUT2D eigenvalue weighted by Crippen LogP contribution is -2.54. The summed E-state index contributed by atoms with van der Waals surface area (Å²) < 4.78 is 0. The summed E-state index contributed by atoms with van der Waals surface area (Å²) in [4.78, 5) is 13.5. The molecule has 0 aromatic heterocycles. The van der Waals surface area contributed by atoms with Crippen LogP contribution in [0.3, 0.4) is 0 Å². The molecule has 2 fully saturated rings.